The molecule has 4 heteroatoms. The van der Waals surface area contributed by atoms with Crippen LogP contribution >= 0.6 is 0 Å². The topological polar surface area (TPSA) is 37.3 Å². The zero-order valence-electron chi connectivity index (χ0n) is 16.3. The molecule has 1 aliphatic carbocycles. The van der Waals surface area contributed by atoms with Gasteiger partial charge in [0.25, 0.3) is 5.91 Å². The smallest absolute Gasteiger partial charge is 0.253 e. The molecule has 2 fully saturated rings. The first-order valence-corrected chi connectivity index (χ1v) is 10.2. The van der Waals surface area contributed by atoms with Crippen molar-refractivity contribution in [2.45, 2.75) is 71.8 Å². The number of likely N-dealkylation sites (tertiary alicyclic amines) is 1. The summed E-state index contributed by atoms with van der Waals surface area (Å²) in [6, 6.07) is 2.67. The van der Waals surface area contributed by atoms with Crippen LogP contribution in [0, 0.1) is 19.8 Å². The average molecular weight is 346 g/mol. The van der Waals surface area contributed by atoms with E-state index in [2.05, 4.69) is 41.6 Å². The second kappa shape index (κ2) is 8.39. The van der Waals surface area contributed by atoms with Crippen molar-refractivity contribution in [2.75, 3.05) is 26.2 Å². The maximum Gasteiger partial charge on any atom is 0.253 e. The van der Waals surface area contributed by atoms with Gasteiger partial charge in [-0.2, -0.15) is 0 Å². The van der Waals surface area contributed by atoms with Gasteiger partial charge in [0.05, 0.1) is 5.56 Å². The molecule has 1 N–H and O–H groups in total. The fraction of sp³-hybridized carbons (Fsp3) is 0.762. The molecule has 0 atom stereocenters. The second-order valence-corrected chi connectivity index (χ2v) is 8.23. The van der Waals surface area contributed by atoms with Gasteiger partial charge in [0.1, 0.15) is 0 Å². The van der Waals surface area contributed by atoms with Gasteiger partial charge in [-0.1, -0.05) is 26.2 Å². The Labute approximate surface area is 153 Å². The maximum atomic E-state index is 12.7. The molecule has 2 aliphatic rings. The summed E-state index contributed by atoms with van der Waals surface area (Å²) >= 11 is 0. The molecule has 1 saturated heterocycles. The molecule has 1 aromatic rings. The first-order chi connectivity index (χ1) is 12.1. The first-order valence-electron chi connectivity index (χ1n) is 10.2. The van der Waals surface area contributed by atoms with E-state index in [1.165, 1.54) is 63.7 Å². The Morgan fingerprint density at radius 2 is 1.80 bits per heavy atom. The van der Waals surface area contributed by atoms with Crippen molar-refractivity contribution < 1.29 is 4.79 Å². The van der Waals surface area contributed by atoms with Crippen LogP contribution in [0.5, 0.6) is 0 Å². The van der Waals surface area contributed by atoms with Crippen molar-refractivity contribution >= 4 is 5.91 Å². The lowest BCUT2D eigenvalue weighted by Gasteiger charge is -2.30. The zero-order chi connectivity index (χ0) is 17.8. The molecule has 0 unspecified atom stereocenters. The minimum absolute atomic E-state index is 0.0977. The molecule has 140 valence electrons. The van der Waals surface area contributed by atoms with Crippen molar-refractivity contribution in [2.24, 2.45) is 5.92 Å². The van der Waals surface area contributed by atoms with E-state index < -0.39 is 0 Å². The SMILES string of the molecule is Cc1cc(C(=O)NCCN2CCC(C)CC2)c(C)n1C1CCCCC1. The molecule has 0 spiro atoms. The number of rotatable bonds is 5. The molecule has 0 bridgehead atoms. The van der Waals surface area contributed by atoms with Crippen molar-refractivity contribution in [1.29, 1.82) is 0 Å². The summed E-state index contributed by atoms with van der Waals surface area (Å²) in [5.41, 5.74) is 3.25. The van der Waals surface area contributed by atoms with E-state index in [0.29, 0.717) is 6.04 Å². The summed E-state index contributed by atoms with van der Waals surface area (Å²) < 4.78 is 2.42. The van der Waals surface area contributed by atoms with Crippen LogP contribution in [0.15, 0.2) is 6.07 Å². The summed E-state index contributed by atoms with van der Waals surface area (Å²) in [7, 11) is 0. The van der Waals surface area contributed by atoms with Crippen LogP contribution in [0.2, 0.25) is 0 Å². The van der Waals surface area contributed by atoms with Crippen molar-refractivity contribution in [1.82, 2.24) is 14.8 Å². The first kappa shape index (κ1) is 18.5. The number of hydrogen-bond acceptors (Lipinski definition) is 2. The van der Waals surface area contributed by atoms with Gasteiger partial charge in [0.2, 0.25) is 0 Å². The van der Waals surface area contributed by atoms with Gasteiger partial charge in [0.15, 0.2) is 0 Å². The van der Waals surface area contributed by atoms with Gasteiger partial charge >= 0.3 is 0 Å². The van der Waals surface area contributed by atoms with E-state index >= 15 is 0 Å². The monoisotopic (exact) mass is 345 g/mol. The molecule has 1 amide bonds. The van der Waals surface area contributed by atoms with E-state index in [0.717, 1.165) is 30.3 Å². The Bertz CT molecular complexity index is 578. The lowest BCUT2D eigenvalue weighted by atomic mass is 9.95. The van der Waals surface area contributed by atoms with Crippen LogP contribution in [0.25, 0.3) is 0 Å². The molecule has 2 heterocycles. The Hall–Kier alpha value is -1.29. The second-order valence-electron chi connectivity index (χ2n) is 8.23. The number of aryl methyl sites for hydroxylation is 1. The summed E-state index contributed by atoms with van der Waals surface area (Å²) in [6.45, 7) is 10.7. The lowest BCUT2D eigenvalue weighted by Crippen LogP contribution is -2.39. The highest BCUT2D eigenvalue weighted by Gasteiger charge is 2.22. The number of carbonyl (C=O) groups excluding carboxylic acids is 1. The van der Waals surface area contributed by atoms with Crippen LogP contribution in [-0.2, 0) is 0 Å². The number of hydrogen-bond donors (Lipinski definition) is 1. The zero-order valence-corrected chi connectivity index (χ0v) is 16.3. The highest BCUT2D eigenvalue weighted by atomic mass is 16.1. The highest BCUT2D eigenvalue weighted by molar-refractivity contribution is 5.95. The largest absolute Gasteiger partial charge is 0.351 e. The third kappa shape index (κ3) is 4.46. The number of aromatic nitrogens is 1. The van der Waals surface area contributed by atoms with Crippen LogP contribution in [0.4, 0.5) is 0 Å². The fourth-order valence-electron chi connectivity index (χ4n) is 4.62. The minimum Gasteiger partial charge on any atom is -0.351 e. The Morgan fingerprint density at radius 3 is 2.48 bits per heavy atom. The van der Waals surface area contributed by atoms with Crippen LogP contribution in [0.3, 0.4) is 0 Å². The Morgan fingerprint density at radius 1 is 1.12 bits per heavy atom. The minimum atomic E-state index is 0.0977. The molecule has 0 aromatic carbocycles. The van der Waals surface area contributed by atoms with E-state index in [1.807, 2.05) is 0 Å². The molecule has 3 rings (SSSR count). The molecular weight excluding hydrogens is 310 g/mol. The quantitative estimate of drug-likeness (QED) is 0.873. The Kier molecular flexibility index (Phi) is 6.21. The summed E-state index contributed by atoms with van der Waals surface area (Å²) in [5, 5.41) is 3.15. The number of carbonyl (C=O) groups is 1. The van der Waals surface area contributed by atoms with Gasteiger partial charge in [-0.25, -0.2) is 0 Å². The fourth-order valence-corrected chi connectivity index (χ4v) is 4.62. The maximum absolute atomic E-state index is 12.7. The number of amides is 1. The predicted molar refractivity (Wildman–Crippen MR) is 103 cm³/mol. The van der Waals surface area contributed by atoms with Crippen LogP contribution in [-0.4, -0.2) is 41.6 Å². The van der Waals surface area contributed by atoms with Gasteiger partial charge in [0, 0.05) is 30.5 Å². The molecule has 25 heavy (non-hydrogen) atoms. The van der Waals surface area contributed by atoms with Crippen LogP contribution in [0.1, 0.15) is 79.7 Å². The molecule has 1 saturated carbocycles. The summed E-state index contributed by atoms with van der Waals surface area (Å²) in [6.07, 6.45) is 9.08. The molecule has 1 aromatic heterocycles. The van der Waals surface area contributed by atoms with E-state index in [1.54, 1.807) is 0 Å². The van der Waals surface area contributed by atoms with Gasteiger partial charge in [-0.3, -0.25) is 4.79 Å². The number of nitrogens with one attached hydrogen (secondary N) is 1. The molecular formula is C21H35N3O. The average Bonchev–Trinajstić information content (AvgIpc) is 2.92. The number of piperidine rings is 1. The van der Waals surface area contributed by atoms with Gasteiger partial charge in [-0.15, -0.1) is 0 Å². The van der Waals surface area contributed by atoms with Gasteiger partial charge in [-0.05, 0) is 64.6 Å². The van der Waals surface area contributed by atoms with Crippen molar-refractivity contribution in [3.63, 3.8) is 0 Å². The lowest BCUT2D eigenvalue weighted by molar-refractivity contribution is 0.0943. The van der Waals surface area contributed by atoms with Crippen LogP contribution < -0.4 is 5.32 Å². The van der Waals surface area contributed by atoms with E-state index in [4.69, 9.17) is 0 Å². The summed E-state index contributed by atoms with van der Waals surface area (Å²) in [4.78, 5) is 15.1. The standard InChI is InChI=1S/C21H35N3O/c1-16-9-12-23(13-10-16)14-11-22-21(25)20-15-17(2)24(18(20)3)19-7-5-4-6-8-19/h15-16,19H,4-14H2,1-3H3,(H,22,25). The Balaban J connectivity index is 1.55. The van der Waals surface area contributed by atoms with E-state index in [-0.39, 0.29) is 5.91 Å². The third-order valence-electron chi connectivity index (χ3n) is 6.26. The number of nitrogens with zero attached hydrogens (tertiary/aromatic N) is 2. The van der Waals surface area contributed by atoms with E-state index in [9.17, 15) is 4.79 Å². The summed E-state index contributed by atoms with van der Waals surface area (Å²) in [5.74, 6) is 0.955. The molecule has 1 aliphatic heterocycles. The highest BCUT2D eigenvalue weighted by Crippen LogP contribution is 2.32. The normalized spacial score (nSPS) is 20.8. The molecule has 0 radical (unpaired) electrons. The van der Waals surface area contributed by atoms with Gasteiger partial charge < -0.3 is 14.8 Å². The predicted octanol–water partition coefficient (Wildman–Crippen LogP) is 4.07. The van der Waals surface area contributed by atoms with Crippen molar-refractivity contribution in [3.8, 4) is 0 Å². The third-order valence-corrected chi connectivity index (χ3v) is 6.26. The van der Waals surface area contributed by atoms with Crippen molar-refractivity contribution in [3.05, 3.63) is 23.0 Å². The molecule has 4 nitrogen and oxygen atoms in total.